The first-order valence-corrected chi connectivity index (χ1v) is 6.25. The molecule has 1 nitrogen and oxygen atoms in total. The second-order valence-corrected chi connectivity index (χ2v) is 4.95. The minimum atomic E-state index is -0.441. The van der Waals surface area contributed by atoms with Crippen molar-refractivity contribution in [1.29, 1.82) is 0 Å². The summed E-state index contributed by atoms with van der Waals surface area (Å²) in [5.41, 5.74) is 0.709. The van der Waals surface area contributed by atoms with Crippen LogP contribution in [0.5, 0.6) is 0 Å². The third-order valence-electron chi connectivity index (χ3n) is 3.58. The van der Waals surface area contributed by atoms with Gasteiger partial charge in [0.05, 0.1) is 0 Å². The predicted octanol–water partition coefficient (Wildman–Crippen LogP) is 3.72. The van der Waals surface area contributed by atoms with Crippen LogP contribution in [0.15, 0.2) is 12.1 Å². The number of halogens is 2. The lowest BCUT2D eigenvalue weighted by Gasteiger charge is -2.18. The van der Waals surface area contributed by atoms with Crippen molar-refractivity contribution in [2.45, 2.75) is 38.6 Å². The molecule has 17 heavy (non-hydrogen) atoms. The number of hydrogen-bond acceptors (Lipinski definition) is 1. The molecule has 0 heterocycles. The molecule has 0 aromatic heterocycles. The van der Waals surface area contributed by atoms with Crippen LogP contribution in [-0.2, 0) is 0 Å². The number of rotatable bonds is 5. The lowest BCUT2D eigenvalue weighted by molar-refractivity contribution is 0.450. The number of benzene rings is 1. The van der Waals surface area contributed by atoms with Crippen LogP contribution in [-0.4, -0.2) is 7.05 Å². The van der Waals surface area contributed by atoms with Gasteiger partial charge in [0.15, 0.2) is 0 Å². The summed E-state index contributed by atoms with van der Waals surface area (Å²) in [5, 5.41) is 3.03. The fourth-order valence-electron chi connectivity index (χ4n) is 2.24. The van der Waals surface area contributed by atoms with Gasteiger partial charge >= 0.3 is 0 Å². The molecule has 94 valence electrons. The summed E-state index contributed by atoms with van der Waals surface area (Å²) in [4.78, 5) is 0. The highest BCUT2D eigenvalue weighted by molar-refractivity contribution is 5.29. The molecule has 1 N–H and O–H groups in total. The molecule has 1 unspecified atom stereocenters. The van der Waals surface area contributed by atoms with Gasteiger partial charge < -0.3 is 5.32 Å². The molecule has 0 bridgehead atoms. The maximum absolute atomic E-state index is 14.0. The first kappa shape index (κ1) is 12.5. The summed E-state index contributed by atoms with van der Waals surface area (Å²) in [5.74, 6) is -0.0647. The van der Waals surface area contributed by atoms with Crippen molar-refractivity contribution in [2.24, 2.45) is 5.92 Å². The molecule has 1 aromatic carbocycles. The largest absolute Gasteiger partial charge is 0.313 e. The summed E-state index contributed by atoms with van der Waals surface area (Å²) >= 11 is 0. The van der Waals surface area contributed by atoms with E-state index in [9.17, 15) is 8.78 Å². The van der Waals surface area contributed by atoms with Gasteiger partial charge in [0.1, 0.15) is 11.6 Å². The second kappa shape index (κ2) is 5.13. The zero-order valence-corrected chi connectivity index (χ0v) is 10.4. The number of hydrogen-bond donors (Lipinski definition) is 1. The van der Waals surface area contributed by atoms with Crippen LogP contribution in [0.1, 0.15) is 42.9 Å². The van der Waals surface area contributed by atoms with Crippen molar-refractivity contribution in [2.75, 3.05) is 7.05 Å². The maximum Gasteiger partial charge on any atom is 0.133 e. The van der Waals surface area contributed by atoms with E-state index in [0.29, 0.717) is 5.56 Å². The minimum Gasteiger partial charge on any atom is -0.313 e. The number of nitrogens with one attached hydrogen (secondary N) is 1. The number of aryl methyl sites for hydroxylation is 1. The average Bonchev–Trinajstić information content (AvgIpc) is 3.12. The lowest BCUT2D eigenvalue weighted by Crippen LogP contribution is -2.20. The Morgan fingerprint density at radius 2 is 2.06 bits per heavy atom. The monoisotopic (exact) mass is 239 g/mol. The van der Waals surface area contributed by atoms with E-state index in [1.54, 1.807) is 14.0 Å². The first-order chi connectivity index (χ1) is 8.13. The molecule has 2 rings (SSSR count). The van der Waals surface area contributed by atoms with Crippen molar-refractivity contribution in [3.8, 4) is 0 Å². The highest BCUT2D eigenvalue weighted by Crippen LogP contribution is 2.36. The van der Waals surface area contributed by atoms with Crippen molar-refractivity contribution in [1.82, 2.24) is 5.32 Å². The Labute approximate surface area is 101 Å². The third-order valence-corrected chi connectivity index (χ3v) is 3.58. The Morgan fingerprint density at radius 3 is 2.65 bits per heavy atom. The van der Waals surface area contributed by atoms with E-state index >= 15 is 0 Å². The van der Waals surface area contributed by atoms with Gasteiger partial charge in [-0.1, -0.05) is 18.9 Å². The summed E-state index contributed by atoms with van der Waals surface area (Å²) in [6, 6.07) is 2.63. The molecule has 0 radical (unpaired) electrons. The fraction of sp³-hybridized carbons (Fsp3) is 0.571. The normalized spacial score (nSPS) is 17.2. The molecular formula is C14H19F2N. The van der Waals surface area contributed by atoms with E-state index in [1.165, 1.54) is 25.0 Å². The van der Waals surface area contributed by atoms with E-state index in [0.717, 1.165) is 18.8 Å². The smallest absolute Gasteiger partial charge is 0.133 e. The van der Waals surface area contributed by atoms with Gasteiger partial charge in [-0.2, -0.15) is 0 Å². The van der Waals surface area contributed by atoms with E-state index in [1.807, 2.05) is 0 Å². The molecular weight excluding hydrogens is 220 g/mol. The zero-order valence-electron chi connectivity index (χ0n) is 10.4. The van der Waals surface area contributed by atoms with E-state index in [4.69, 9.17) is 0 Å². The second-order valence-electron chi connectivity index (χ2n) is 4.95. The third kappa shape index (κ3) is 2.83. The van der Waals surface area contributed by atoms with E-state index < -0.39 is 11.6 Å². The Hall–Kier alpha value is -0.960. The van der Waals surface area contributed by atoms with Crippen LogP contribution in [0.2, 0.25) is 0 Å². The average molecular weight is 239 g/mol. The van der Waals surface area contributed by atoms with Crippen LogP contribution in [0, 0.1) is 24.5 Å². The molecule has 0 amide bonds. The molecule has 0 saturated heterocycles. The minimum absolute atomic E-state index is 0.202. The van der Waals surface area contributed by atoms with Gasteiger partial charge in [-0.05, 0) is 44.4 Å². The van der Waals surface area contributed by atoms with Gasteiger partial charge in [0, 0.05) is 11.6 Å². The molecule has 1 saturated carbocycles. The van der Waals surface area contributed by atoms with Crippen molar-refractivity contribution < 1.29 is 8.78 Å². The molecule has 1 aliphatic rings. The first-order valence-electron chi connectivity index (χ1n) is 6.25. The van der Waals surface area contributed by atoms with E-state index in [2.05, 4.69) is 5.32 Å². The van der Waals surface area contributed by atoms with Crippen molar-refractivity contribution >= 4 is 0 Å². The van der Waals surface area contributed by atoms with Crippen LogP contribution in [0.4, 0.5) is 8.78 Å². The van der Waals surface area contributed by atoms with Gasteiger partial charge in [-0.3, -0.25) is 0 Å². The molecule has 3 heteroatoms. The Morgan fingerprint density at radius 1 is 1.35 bits per heavy atom. The maximum atomic E-state index is 14.0. The summed E-state index contributed by atoms with van der Waals surface area (Å²) in [7, 11) is 1.76. The summed E-state index contributed by atoms with van der Waals surface area (Å²) in [6.45, 7) is 1.67. The standard InChI is InChI=1S/C14H19F2N/c1-9-3-7-11(15)13(14(9)16)12(17-2)8-6-10-4-5-10/h3,7,10,12,17H,4-6,8H2,1-2H3. The highest BCUT2D eigenvalue weighted by Gasteiger charge is 2.25. The van der Waals surface area contributed by atoms with Gasteiger partial charge in [-0.25, -0.2) is 8.78 Å². The molecule has 1 fully saturated rings. The van der Waals surface area contributed by atoms with E-state index in [-0.39, 0.29) is 11.6 Å². The Balaban J connectivity index is 2.18. The molecule has 1 aliphatic carbocycles. The van der Waals surface area contributed by atoms with Crippen LogP contribution >= 0.6 is 0 Å². The van der Waals surface area contributed by atoms with Crippen molar-refractivity contribution in [3.05, 3.63) is 34.9 Å². The molecule has 0 spiro atoms. The van der Waals surface area contributed by atoms with Crippen LogP contribution < -0.4 is 5.32 Å². The van der Waals surface area contributed by atoms with Crippen molar-refractivity contribution in [3.63, 3.8) is 0 Å². The highest BCUT2D eigenvalue weighted by atomic mass is 19.1. The van der Waals surface area contributed by atoms with Crippen LogP contribution in [0.3, 0.4) is 0 Å². The van der Waals surface area contributed by atoms with Gasteiger partial charge in [0.25, 0.3) is 0 Å². The predicted molar refractivity (Wildman–Crippen MR) is 64.9 cm³/mol. The molecule has 1 aromatic rings. The summed E-state index contributed by atoms with van der Waals surface area (Å²) < 4.78 is 27.7. The topological polar surface area (TPSA) is 12.0 Å². The molecule has 1 atom stereocenters. The Bertz CT molecular complexity index is 399. The van der Waals surface area contributed by atoms with Gasteiger partial charge in [0.2, 0.25) is 0 Å². The summed E-state index contributed by atoms with van der Waals surface area (Å²) in [6.07, 6.45) is 4.40. The fourth-order valence-corrected chi connectivity index (χ4v) is 2.24. The van der Waals surface area contributed by atoms with Gasteiger partial charge in [-0.15, -0.1) is 0 Å². The zero-order chi connectivity index (χ0) is 12.4. The lowest BCUT2D eigenvalue weighted by atomic mass is 9.97. The van der Waals surface area contributed by atoms with Crippen LogP contribution in [0.25, 0.3) is 0 Å². The SMILES string of the molecule is CNC(CCC1CC1)c1c(F)ccc(C)c1F. The quantitative estimate of drug-likeness (QED) is 0.825. The Kier molecular flexibility index (Phi) is 3.77. The molecule has 0 aliphatic heterocycles.